The van der Waals surface area contributed by atoms with Gasteiger partial charge in [-0.2, -0.15) is 9.61 Å². The van der Waals surface area contributed by atoms with E-state index in [0.717, 1.165) is 34.3 Å². The Morgan fingerprint density at radius 1 is 1.44 bits per heavy atom. The zero-order chi connectivity index (χ0) is 12.2. The van der Waals surface area contributed by atoms with Crippen molar-refractivity contribution in [3.8, 4) is 10.7 Å². The molecule has 0 spiro atoms. The van der Waals surface area contributed by atoms with Crippen molar-refractivity contribution in [2.45, 2.75) is 24.8 Å². The lowest BCUT2D eigenvalue weighted by atomic mass is 9.77. The van der Waals surface area contributed by atoms with Crippen molar-refractivity contribution in [2.75, 3.05) is 0 Å². The molecule has 0 aliphatic heterocycles. The Labute approximate surface area is 106 Å². The summed E-state index contributed by atoms with van der Waals surface area (Å²) < 4.78 is 1.65. The Morgan fingerprint density at radius 3 is 3.06 bits per heavy atom. The number of aromatic nitrogens is 6. The van der Waals surface area contributed by atoms with Gasteiger partial charge in [0.15, 0.2) is 5.01 Å². The predicted octanol–water partition coefficient (Wildman–Crippen LogP) is 0.914. The number of H-pyrrole nitrogens is 1. The van der Waals surface area contributed by atoms with Crippen LogP contribution in [-0.4, -0.2) is 29.8 Å². The maximum atomic E-state index is 6.23. The average molecular weight is 261 g/mol. The van der Waals surface area contributed by atoms with E-state index in [4.69, 9.17) is 5.73 Å². The molecule has 0 unspecified atom stereocenters. The molecule has 1 aliphatic carbocycles. The highest BCUT2D eigenvalue weighted by Gasteiger charge is 2.37. The van der Waals surface area contributed by atoms with Gasteiger partial charge in [0.25, 0.3) is 0 Å². The maximum Gasteiger partial charge on any atom is 0.234 e. The van der Waals surface area contributed by atoms with E-state index in [1.54, 1.807) is 17.0 Å². The quantitative estimate of drug-likeness (QED) is 0.714. The van der Waals surface area contributed by atoms with Crippen LogP contribution in [0.1, 0.15) is 25.1 Å². The number of hydrogen-bond donors (Lipinski definition) is 2. The Balaban J connectivity index is 1.74. The lowest BCUT2D eigenvalue weighted by Gasteiger charge is -2.35. The first-order valence-corrected chi connectivity index (χ1v) is 6.58. The number of hydrogen-bond acceptors (Lipinski definition) is 6. The lowest BCUT2D eigenvalue weighted by Crippen LogP contribution is -2.44. The van der Waals surface area contributed by atoms with Gasteiger partial charge in [-0.25, -0.2) is 4.98 Å². The van der Waals surface area contributed by atoms with E-state index >= 15 is 0 Å². The summed E-state index contributed by atoms with van der Waals surface area (Å²) >= 11 is 1.47. The summed E-state index contributed by atoms with van der Waals surface area (Å²) in [5.41, 5.74) is 6.85. The molecule has 3 aromatic rings. The van der Waals surface area contributed by atoms with Gasteiger partial charge in [0, 0.05) is 0 Å². The van der Waals surface area contributed by atoms with Crippen molar-refractivity contribution in [3.63, 3.8) is 0 Å². The van der Waals surface area contributed by atoms with Crippen molar-refractivity contribution in [1.82, 2.24) is 29.8 Å². The molecule has 1 saturated carbocycles. The number of nitrogens with two attached hydrogens (primary N) is 1. The topological polar surface area (TPSA) is 97.8 Å². The van der Waals surface area contributed by atoms with Crippen LogP contribution in [0.2, 0.25) is 0 Å². The molecule has 0 amide bonds. The molecule has 0 saturated heterocycles. The molecule has 3 heterocycles. The van der Waals surface area contributed by atoms with Crippen LogP contribution < -0.4 is 5.73 Å². The highest BCUT2D eigenvalue weighted by Crippen LogP contribution is 2.37. The predicted molar refractivity (Wildman–Crippen MR) is 66.0 cm³/mol. The average Bonchev–Trinajstić information content (AvgIpc) is 2.99. The molecule has 0 bridgehead atoms. The molecule has 1 aliphatic rings. The second-order valence-electron chi connectivity index (χ2n) is 4.62. The first-order valence-electron chi connectivity index (χ1n) is 5.76. The molecule has 3 aromatic heterocycles. The molecule has 0 aromatic carbocycles. The summed E-state index contributed by atoms with van der Waals surface area (Å²) in [4.78, 5) is 8.43. The van der Waals surface area contributed by atoms with Crippen LogP contribution in [0.15, 0.2) is 12.5 Å². The largest absolute Gasteiger partial charge is 0.338 e. The number of nitrogens with one attached hydrogen (secondary N) is 1. The van der Waals surface area contributed by atoms with Crippen LogP contribution in [0.4, 0.5) is 0 Å². The summed E-state index contributed by atoms with van der Waals surface area (Å²) in [6, 6.07) is 0. The van der Waals surface area contributed by atoms with E-state index in [9.17, 15) is 0 Å². The minimum absolute atomic E-state index is 0.267. The van der Waals surface area contributed by atoms with Crippen LogP contribution in [-0.2, 0) is 5.54 Å². The maximum absolute atomic E-state index is 6.23. The summed E-state index contributed by atoms with van der Waals surface area (Å²) in [6.45, 7) is 0. The molecule has 1 fully saturated rings. The lowest BCUT2D eigenvalue weighted by molar-refractivity contribution is 0.240. The van der Waals surface area contributed by atoms with Crippen LogP contribution in [0.3, 0.4) is 0 Å². The van der Waals surface area contributed by atoms with Gasteiger partial charge in [-0.1, -0.05) is 11.3 Å². The Kier molecular flexibility index (Phi) is 1.90. The van der Waals surface area contributed by atoms with Crippen molar-refractivity contribution in [1.29, 1.82) is 0 Å². The second kappa shape index (κ2) is 3.36. The number of imidazole rings is 1. The van der Waals surface area contributed by atoms with Crippen LogP contribution in [0, 0.1) is 0 Å². The Bertz CT molecular complexity index is 676. The number of nitrogens with zero attached hydrogens (tertiary/aromatic N) is 5. The molecule has 8 heteroatoms. The fraction of sp³-hybridized carbons (Fsp3) is 0.400. The number of rotatable bonds is 2. The molecule has 7 nitrogen and oxygen atoms in total. The minimum atomic E-state index is -0.267. The summed E-state index contributed by atoms with van der Waals surface area (Å²) in [5.74, 6) is 0.856. The van der Waals surface area contributed by atoms with Crippen LogP contribution in [0.25, 0.3) is 15.7 Å². The zero-order valence-electron chi connectivity index (χ0n) is 9.50. The second-order valence-corrected chi connectivity index (χ2v) is 5.58. The third-order valence-electron chi connectivity index (χ3n) is 3.41. The Morgan fingerprint density at radius 2 is 2.33 bits per heavy atom. The summed E-state index contributed by atoms with van der Waals surface area (Å²) in [7, 11) is 0. The number of fused-ring (bicyclic) bond motifs is 1. The molecule has 92 valence electrons. The van der Waals surface area contributed by atoms with Crippen LogP contribution in [0.5, 0.6) is 0 Å². The van der Waals surface area contributed by atoms with Gasteiger partial charge in [-0.3, -0.25) is 0 Å². The van der Waals surface area contributed by atoms with Gasteiger partial charge in [0.2, 0.25) is 4.96 Å². The number of aromatic amines is 1. The fourth-order valence-electron chi connectivity index (χ4n) is 2.15. The minimum Gasteiger partial charge on any atom is -0.338 e. The first kappa shape index (κ1) is 10.2. The summed E-state index contributed by atoms with van der Waals surface area (Å²) in [6.07, 6.45) is 6.52. The Hall–Kier alpha value is -1.80. The van der Waals surface area contributed by atoms with Crippen molar-refractivity contribution in [3.05, 3.63) is 18.3 Å². The van der Waals surface area contributed by atoms with E-state index in [-0.39, 0.29) is 5.54 Å². The first-order chi connectivity index (χ1) is 8.74. The standard InChI is InChI=1S/C10H11N7S/c11-10(2-1-3-10)8-12-4-6(14-8)7-16-17-5-13-15-9(17)18-7/h4-5H,1-3,11H2,(H,12,14). The molecular weight excluding hydrogens is 250 g/mol. The van der Waals surface area contributed by atoms with Crippen molar-refractivity contribution < 1.29 is 0 Å². The molecule has 0 atom stereocenters. The van der Waals surface area contributed by atoms with Gasteiger partial charge in [-0.15, -0.1) is 10.2 Å². The molecule has 18 heavy (non-hydrogen) atoms. The van der Waals surface area contributed by atoms with E-state index in [1.165, 1.54) is 17.8 Å². The highest BCUT2D eigenvalue weighted by atomic mass is 32.1. The smallest absolute Gasteiger partial charge is 0.234 e. The summed E-state index contributed by atoms with van der Waals surface area (Å²) in [5, 5.41) is 13.0. The van der Waals surface area contributed by atoms with E-state index in [0.29, 0.717) is 0 Å². The highest BCUT2D eigenvalue weighted by molar-refractivity contribution is 7.19. The molecule has 0 radical (unpaired) electrons. The molecule has 4 rings (SSSR count). The monoisotopic (exact) mass is 261 g/mol. The normalized spacial score (nSPS) is 18.1. The fourth-order valence-corrected chi connectivity index (χ4v) is 2.93. The zero-order valence-corrected chi connectivity index (χ0v) is 10.3. The third kappa shape index (κ3) is 1.33. The molecular formula is C10H11N7S. The van der Waals surface area contributed by atoms with Gasteiger partial charge >= 0.3 is 0 Å². The van der Waals surface area contributed by atoms with Crippen LogP contribution >= 0.6 is 11.3 Å². The third-order valence-corrected chi connectivity index (χ3v) is 4.36. The SMILES string of the molecule is NC1(c2ncc(-c3nn4cnnc4s3)[nH]2)CCC1. The van der Waals surface area contributed by atoms with E-state index < -0.39 is 0 Å². The van der Waals surface area contributed by atoms with Gasteiger partial charge < -0.3 is 10.7 Å². The van der Waals surface area contributed by atoms with E-state index in [2.05, 4.69) is 25.3 Å². The van der Waals surface area contributed by atoms with Gasteiger partial charge in [0.05, 0.1) is 17.4 Å². The van der Waals surface area contributed by atoms with E-state index in [1.807, 2.05) is 0 Å². The molecule has 3 N–H and O–H groups in total. The van der Waals surface area contributed by atoms with Gasteiger partial charge in [-0.05, 0) is 19.3 Å². The van der Waals surface area contributed by atoms with Crippen molar-refractivity contribution in [2.24, 2.45) is 5.73 Å². The van der Waals surface area contributed by atoms with Gasteiger partial charge in [0.1, 0.15) is 12.2 Å². The van der Waals surface area contributed by atoms with Crippen molar-refractivity contribution >= 4 is 16.3 Å².